The Labute approximate surface area is 138 Å². The number of nitrogens with zero attached hydrogens (tertiary/aromatic N) is 1. The number of likely N-dealkylation sites (tertiary alicyclic amines) is 1. The molecular formula is C19H27NO3. The minimum atomic E-state index is -0.490. The van der Waals surface area contributed by atoms with Gasteiger partial charge in [0.05, 0.1) is 6.04 Å². The van der Waals surface area contributed by atoms with E-state index in [2.05, 4.69) is 0 Å². The summed E-state index contributed by atoms with van der Waals surface area (Å²) >= 11 is 0. The molecule has 1 aliphatic heterocycles. The average molecular weight is 317 g/mol. The van der Waals surface area contributed by atoms with Gasteiger partial charge in [-0.2, -0.15) is 0 Å². The smallest absolute Gasteiger partial charge is 0.410 e. The van der Waals surface area contributed by atoms with Crippen LogP contribution in [0.5, 0.6) is 0 Å². The van der Waals surface area contributed by atoms with Gasteiger partial charge in [0.25, 0.3) is 0 Å². The summed E-state index contributed by atoms with van der Waals surface area (Å²) in [6.07, 6.45) is 3.28. The maximum atomic E-state index is 12.5. The molecule has 1 aromatic rings. The van der Waals surface area contributed by atoms with E-state index in [1.165, 1.54) is 0 Å². The molecule has 0 N–H and O–H groups in total. The van der Waals surface area contributed by atoms with Crippen molar-refractivity contribution in [3.05, 3.63) is 35.4 Å². The van der Waals surface area contributed by atoms with Gasteiger partial charge in [-0.15, -0.1) is 0 Å². The summed E-state index contributed by atoms with van der Waals surface area (Å²) in [7, 11) is 0. The monoisotopic (exact) mass is 317 g/mol. The second-order valence-electron chi connectivity index (χ2n) is 7.08. The number of rotatable bonds is 3. The summed E-state index contributed by atoms with van der Waals surface area (Å²) in [5.41, 5.74) is 1.32. The van der Waals surface area contributed by atoms with E-state index in [1.807, 2.05) is 56.9 Å². The van der Waals surface area contributed by atoms with Crippen molar-refractivity contribution in [1.82, 2.24) is 4.90 Å². The van der Waals surface area contributed by atoms with Crippen molar-refractivity contribution in [1.29, 1.82) is 0 Å². The van der Waals surface area contributed by atoms with Crippen LogP contribution < -0.4 is 0 Å². The highest BCUT2D eigenvalue weighted by Crippen LogP contribution is 2.32. The summed E-state index contributed by atoms with van der Waals surface area (Å²) in [4.78, 5) is 26.0. The normalized spacial score (nSPS) is 18.6. The summed E-state index contributed by atoms with van der Waals surface area (Å²) in [5.74, 6) is 0.143. The minimum Gasteiger partial charge on any atom is -0.444 e. The van der Waals surface area contributed by atoms with Crippen molar-refractivity contribution in [2.24, 2.45) is 0 Å². The standard InChI is InChI=1S/C19H27NO3/c1-5-17(21)15-11-9-14(10-12-15)16-8-6-7-13-20(16)18(22)23-19(2,3)4/h9-12,16H,5-8,13H2,1-4H3. The molecule has 0 radical (unpaired) electrons. The zero-order valence-electron chi connectivity index (χ0n) is 14.6. The second-order valence-corrected chi connectivity index (χ2v) is 7.08. The molecule has 1 aliphatic rings. The van der Waals surface area contributed by atoms with Gasteiger partial charge in [0.2, 0.25) is 0 Å². The molecule has 23 heavy (non-hydrogen) atoms. The molecule has 1 atom stereocenters. The van der Waals surface area contributed by atoms with Crippen LogP contribution in [0.15, 0.2) is 24.3 Å². The maximum absolute atomic E-state index is 12.5. The van der Waals surface area contributed by atoms with Crippen LogP contribution in [-0.4, -0.2) is 28.9 Å². The zero-order chi connectivity index (χ0) is 17.0. The lowest BCUT2D eigenvalue weighted by Gasteiger charge is -2.37. The number of ketones is 1. The predicted molar refractivity (Wildman–Crippen MR) is 90.6 cm³/mol. The summed E-state index contributed by atoms with van der Waals surface area (Å²) in [6.45, 7) is 8.23. The third-order valence-corrected chi connectivity index (χ3v) is 4.07. The van der Waals surface area contributed by atoms with Gasteiger partial charge in [-0.05, 0) is 45.6 Å². The Morgan fingerprint density at radius 3 is 2.39 bits per heavy atom. The fraction of sp³-hybridized carbons (Fsp3) is 0.579. The molecule has 0 spiro atoms. The van der Waals surface area contributed by atoms with E-state index in [9.17, 15) is 9.59 Å². The molecule has 0 aliphatic carbocycles. The Balaban J connectivity index is 2.17. The first-order chi connectivity index (χ1) is 10.8. The van der Waals surface area contributed by atoms with E-state index >= 15 is 0 Å². The third kappa shape index (κ3) is 4.57. The highest BCUT2D eigenvalue weighted by molar-refractivity contribution is 5.95. The lowest BCUT2D eigenvalue weighted by Crippen LogP contribution is -2.41. The van der Waals surface area contributed by atoms with Crippen molar-refractivity contribution in [3.63, 3.8) is 0 Å². The van der Waals surface area contributed by atoms with E-state index in [0.29, 0.717) is 6.42 Å². The molecule has 1 fully saturated rings. The molecule has 1 aromatic carbocycles. The predicted octanol–water partition coefficient (Wildman–Crippen LogP) is 4.74. The van der Waals surface area contributed by atoms with Crippen LogP contribution in [0.4, 0.5) is 4.79 Å². The van der Waals surface area contributed by atoms with Gasteiger partial charge in [-0.3, -0.25) is 4.79 Å². The van der Waals surface area contributed by atoms with Crippen LogP contribution in [0.2, 0.25) is 0 Å². The van der Waals surface area contributed by atoms with Crippen LogP contribution in [0, 0.1) is 0 Å². The Hall–Kier alpha value is -1.84. The van der Waals surface area contributed by atoms with E-state index in [0.717, 1.165) is 36.9 Å². The van der Waals surface area contributed by atoms with Crippen LogP contribution in [-0.2, 0) is 4.74 Å². The van der Waals surface area contributed by atoms with Crippen LogP contribution in [0.3, 0.4) is 0 Å². The number of carbonyl (C=O) groups is 2. The number of benzene rings is 1. The fourth-order valence-corrected chi connectivity index (χ4v) is 2.91. The number of hydrogen-bond donors (Lipinski definition) is 0. The van der Waals surface area contributed by atoms with Gasteiger partial charge < -0.3 is 9.64 Å². The van der Waals surface area contributed by atoms with Crippen molar-refractivity contribution in [2.45, 2.75) is 65.0 Å². The number of carbonyl (C=O) groups excluding carboxylic acids is 2. The van der Waals surface area contributed by atoms with E-state index in [4.69, 9.17) is 4.74 Å². The molecule has 0 saturated carbocycles. The topological polar surface area (TPSA) is 46.6 Å². The van der Waals surface area contributed by atoms with E-state index < -0.39 is 5.60 Å². The first kappa shape index (κ1) is 17.5. The number of amides is 1. The Morgan fingerprint density at radius 2 is 1.83 bits per heavy atom. The van der Waals surface area contributed by atoms with Crippen molar-refractivity contribution >= 4 is 11.9 Å². The highest BCUT2D eigenvalue weighted by atomic mass is 16.6. The summed E-state index contributed by atoms with van der Waals surface area (Å²) < 4.78 is 5.54. The lowest BCUT2D eigenvalue weighted by atomic mass is 9.94. The molecule has 4 nitrogen and oxygen atoms in total. The summed E-state index contributed by atoms with van der Waals surface area (Å²) in [5, 5.41) is 0. The molecular weight excluding hydrogens is 290 g/mol. The number of hydrogen-bond acceptors (Lipinski definition) is 3. The van der Waals surface area contributed by atoms with Gasteiger partial charge in [0, 0.05) is 18.5 Å². The highest BCUT2D eigenvalue weighted by Gasteiger charge is 2.31. The van der Waals surface area contributed by atoms with Gasteiger partial charge in [0.15, 0.2) is 5.78 Å². The fourth-order valence-electron chi connectivity index (χ4n) is 2.91. The molecule has 126 valence electrons. The second kappa shape index (κ2) is 7.16. The van der Waals surface area contributed by atoms with Gasteiger partial charge in [-0.1, -0.05) is 31.2 Å². The van der Waals surface area contributed by atoms with Crippen molar-refractivity contribution in [2.75, 3.05) is 6.54 Å². The molecule has 2 rings (SSSR count). The largest absolute Gasteiger partial charge is 0.444 e. The first-order valence-corrected chi connectivity index (χ1v) is 8.44. The number of Topliss-reactive ketones (excluding diaryl/α,β-unsaturated/α-hetero) is 1. The number of piperidine rings is 1. The van der Waals surface area contributed by atoms with E-state index in [-0.39, 0.29) is 17.9 Å². The van der Waals surface area contributed by atoms with Gasteiger partial charge in [-0.25, -0.2) is 4.79 Å². The van der Waals surface area contributed by atoms with Crippen LogP contribution in [0.25, 0.3) is 0 Å². The maximum Gasteiger partial charge on any atom is 0.410 e. The zero-order valence-corrected chi connectivity index (χ0v) is 14.6. The molecule has 4 heteroatoms. The molecule has 0 bridgehead atoms. The Kier molecular flexibility index (Phi) is 5.45. The quantitative estimate of drug-likeness (QED) is 0.756. The van der Waals surface area contributed by atoms with Crippen LogP contribution in [0.1, 0.15) is 75.3 Å². The molecule has 1 heterocycles. The van der Waals surface area contributed by atoms with Crippen LogP contribution >= 0.6 is 0 Å². The first-order valence-electron chi connectivity index (χ1n) is 8.44. The lowest BCUT2D eigenvalue weighted by molar-refractivity contribution is 0.00950. The number of ether oxygens (including phenoxy) is 1. The Bertz CT molecular complexity index is 557. The molecule has 0 aromatic heterocycles. The van der Waals surface area contributed by atoms with Gasteiger partial charge >= 0.3 is 6.09 Å². The van der Waals surface area contributed by atoms with Crippen molar-refractivity contribution in [3.8, 4) is 0 Å². The molecule has 1 saturated heterocycles. The van der Waals surface area contributed by atoms with Gasteiger partial charge in [0.1, 0.15) is 5.60 Å². The van der Waals surface area contributed by atoms with E-state index in [1.54, 1.807) is 0 Å². The summed E-state index contributed by atoms with van der Waals surface area (Å²) in [6, 6.07) is 7.70. The minimum absolute atomic E-state index is 0.0318. The average Bonchev–Trinajstić information content (AvgIpc) is 2.52. The third-order valence-electron chi connectivity index (χ3n) is 4.07. The van der Waals surface area contributed by atoms with Crippen molar-refractivity contribution < 1.29 is 14.3 Å². The Morgan fingerprint density at radius 1 is 1.17 bits per heavy atom. The molecule has 1 amide bonds. The molecule has 1 unspecified atom stereocenters. The SMILES string of the molecule is CCC(=O)c1ccc(C2CCCCN2C(=O)OC(C)(C)C)cc1.